The maximum Gasteiger partial charge on any atom is 0.258 e. The molecule has 3 heterocycles. The first-order valence-electron chi connectivity index (χ1n) is 8.59. The van der Waals surface area contributed by atoms with Crippen LogP contribution in [0.4, 0.5) is 0 Å². The Morgan fingerprint density at radius 1 is 1.17 bits per heavy atom. The number of likely N-dealkylation sites (tertiary alicyclic amines) is 1. The molecular formula is C18H22BrN3O. The zero-order valence-corrected chi connectivity index (χ0v) is 14.8. The summed E-state index contributed by atoms with van der Waals surface area (Å²) in [5.41, 5.74) is 1.62. The fourth-order valence-corrected chi connectivity index (χ4v) is 4.59. The van der Waals surface area contributed by atoms with Crippen molar-refractivity contribution in [3.05, 3.63) is 44.9 Å². The van der Waals surface area contributed by atoms with Crippen molar-refractivity contribution >= 4 is 21.6 Å². The summed E-state index contributed by atoms with van der Waals surface area (Å²) in [7, 11) is 0. The van der Waals surface area contributed by atoms with Gasteiger partial charge in [-0.2, -0.15) is 0 Å². The number of pyridine rings is 1. The topological polar surface area (TPSA) is 37.6 Å². The van der Waals surface area contributed by atoms with Gasteiger partial charge in [0.2, 0.25) is 0 Å². The molecule has 0 N–H and O–H groups in total. The second kappa shape index (κ2) is 6.36. The summed E-state index contributed by atoms with van der Waals surface area (Å²) < 4.78 is 2.49. The third-order valence-corrected chi connectivity index (χ3v) is 5.91. The molecule has 1 aliphatic heterocycles. The maximum absolute atomic E-state index is 12.3. The van der Waals surface area contributed by atoms with Crippen LogP contribution in [0.5, 0.6) is 0 Å². The zero-order chi connectivity index (χ0) is 15.8. The summed E-state index contributed by atoms with van der Waals surface area (Å²) in [5.74, 6) is 1.79. The summed E-state index contributed by atoms with van der Waals surface area (Å²) in [4.78, 5) is 19.5. The lowest BCUT2D eigenvalue weighted by molar-refractivity contribution is 0.0812. The van der Waals surface area contributed by atoms with Crippen LogP contribution in [0.1, 0.15) is 37.8 Å². The summed E-state index contributed by atoms with van der Waals surface area (Å²) in [5, 5.41) is 0. The number of hydrogen-bond donors (Lipinski definition) is 0. The first kappa shape index (κ1) is 15.3. The summed E-state index contributed by atoms with van der Waals surface area (Å²) in [6.07, 6.45) is 8.69. The van der Waals surface area contributed by atoms with Gasteiger partial charge in [0.25, 0.3) is 5.56 Å². The van der Waals surface area contributed by atoms with E-state index in [1.54, 1.807) is 16.7 Å². The van der Waals surface area contributed by atoms with Crippen LogP contribution in [0.3, 0.4) is 0 Å². The molecule has 0 bridgehead atoms. The number of rotatable bonds is 2. The third kappa shape index (κ3) is 3.22. The smallest absolute Gasteiger partial charge is 0.258 e. The highest BCUT2D eigenvalue weighted by molar-refractivity contribution is 9.10. The molecule has 1 saturated carbocycles. The van der Waals surface area contributed by atoms with Gasteiger partial charge >= 0.3 is 0 Å². The van der Waals surface area contributed by atoms with Crippen molar-refractivity contribution < 1.29 is 0 Å². The number of piperidine rings is 1. The largest absolute Gasteiger partial charge is 0.297 e. The minimum atomic E-state index is -0.00106. The molecule has 2 atom stereocenters. The molecule has 2 aliphatic rings. The van der Waals surface area contributed by atoms with E-state index in [9.17, 15) is 4.79 Å². The molecule has 2 aromatic rings. The van der Waals surface area contributed by atoms with Gasteiger partial charge in [-0.05, 0) is 59.3 Å². The lowest BCUT2D eigenvalue weighted by Gasteiger charge is -2.41. The average Bonchev–Trinajstić information content (AvgIpc) is 2.55. The molecule has 23 heavy (non-hydrogen) atoms. The monoisotopic (exact) mass is 375 g/mol. The molecule has 4 nitrogen and oxygen atoms in total. The van der Waals surface area contributed by atoms with Crippen LogP contribution in [-0.4, -0.2) is 27.4 Å². The molecule has 0 radical (unpaired) electrons. The summed E-state index contributed by atoms with van der Waals surface area (Å²) in [6, 6.07) is 5.51. The van der Waals surface area contributed by atoms with Crippen molar-refractivity contribution in [2.75, 3.05) is 13.1 Å². The van der Waals surface area contributed by atoms with Gasteiger partial charge in [-0.3, -0.25) is 14.1 Å². The molecule has 0 spiro atoms. The highest BCUT2D eigenvalue weighted by Crippen LogP contribution is 2.36. The number of aromatic nitrogens is 2. The van der Waals surface area contributed by atoms with Crippen LogP contribution in [0.25, 0.3) is 5.65 Å². The average molecular weight is 376 g/mol. The van der Waals surface area contributed by atoms with Crippen molar-refractivity contribution in [2.45, 2.75) is 38.6 Å². The van der Waals surface area contributed by atoms with E-state index in [1.165, 1.54) is 38.6 Å². The van der Waals surface area contributed by atoms with Crippen LogP contribution in [0.2, 0.25) is 0 Å². The SMILES string of the molecule is O=c1cc(CN2CCC3CCCCC3C2)nc2ccc(Br)cn12. The van der Waals surface area contributed by atoms with E-state index in [0.717, 1.165) is 40.7 Å². The second-order valence-corrected chi connectivity index (χ2v) is 7.91. The third-order valence-electron chi connectivity index (χ3n) is 5.44. The standard InChI is InChI=1S/C18H22BrN3O/c19-15-5-6-17-20-16(9-18(23)22(17)11-15)12-21-8-7-13-3-1-2-4-14(13)10-21/h5-6,9,11,13-14H,1-4,7-8,10,12H2. The van der Waals surface area contributed by atoms with E-state index in [2.05, 4.69) is 25.8 Å². The van der Waals surface area contributed by atoms with Crippen LogP contribution in [-0.2, 0) is 6.54 Å². The van der Waals surface area contributed by atoms with E-state index in [0.29, 0.717) is 0 Å². The molecule has 5 heteroatoms. The zero-order valence-electron chi connectivity index (χ0n) is 13.2. The van der Waals surface area contributed by atoms with Crippen molar-refractivity contribution in [2.24, 2.45) is 11.8 Å². The summed E-state index contributed by atoms with van der Waals surface area (Å²) in [6.45, 7) is 3.11. The Morgan fingerprint density at radius 3 is 2.87 bits per heavy atom. The van der Waals surface area contributed by atoms with Gasteiger partial charge in [0, 0.05) is 29.8 Å². The van der Waals surface area contributed by atoms with Crippen molar-refractivity contribution in [3.63, 3.8) is 0 Å². The second-order valence-electron chi connectivity index (χ2n) is 6.99. The summed E-state index contributed by atoms with van der Waals surface area (Å²) >= 11 is 3.40. The number of halogens is 1. The molecule has 1 saturated heterocycles. The highest BCUT2D eigenvalue weighted by Gasteiger charge is 2.31. The number of fused-ring (bicyclic) bond motifs is 2. The Bertz CT molecular complexity index is 772. The van der Waals surface area contributed by atoms with Gasteiger partial charge in [0.1, 0.15) is 5.65 Å². The molecule has 2 unspecified atom stereocenters. The molecule has 2 fully saturated rings. The van der Waals surface area contributed by atoms with Crippen molar-refractivity contribution in [1.82, 2.24) is 14.3 Å². The lowest BCUT2D eigenvalue weighted by atomic mass is 9.75. The van der Waals surface area contributed by atoms with Gasteiger partial charge < -0.3 is 0 Å². The van der Waals surface area contributed by atoms with Crippen LogP contribution in [0.15, 0.2) is 33.7 Å². The van der Waals surface area contributed by atoms with Gasteiger partial charge in [0.05, 0.1) is 5.69 Å². The molecule has 1 aliphatic carbocycles. The van der Waals surface area contributed by atoms with E-state index in [4.69, 9.17) is 0 Å². The highest BCUT2D eigenvalue weighted by atomic mass is 79.9. The maximum atomic E-state index is 12.3. The fourth-order valence-electron chi connectivity index (χ4n) is 4.26. The van der Waals surface area contributed by atoms with E-state index in [-0.39, 0.29) is 5.56 Å². The van der Waals surface area contributed by atoms with Crippen LogP contribution in [0, 0.1) is 11.8 Å². The van der Waals surface area contributed by atoms with Crippen molar-refractivity contribution in [3.8, 4) is 0 Å². The lowest BCUT2D eigenvalue weighted by Crippen LogP contribution is -2.41. The predicted octanol–water partition coefficient (Wildman–Crippen LogP) is 3.47. The fraction of sp³-hybridized carbons (Fsp3) is 0.556. The molecule has 0 amide bonds. The molecule has 122 valence electrons. The van der Waals surface area contributed by atoms with E-state index >= 15 is 0 Å². The first-order valence-corrected chi connectivity index (χ1v) is 9.38. The number of hydrogen-bond acceptors (Lipinski definition) is 3. The van der Waals surface area contributed by atoms with Gasteiger partial charge in [0.15, 0.2) is 0 Å². The number of nitrogens with zero attached hydrogens (tertiary/aromatic N) is 3. The Kier molecular flexibility index (Phi) is 4.24. The Morgan fingerprint density at radius 2 is 2.00 bits per heavy atom. The van der Waals surface area contributed by atoms with Gasteiger partial charge in [-0.15, -0.1) is 0 Å². The van der Waals surface area contributed by atoms with Crippen LogP contribution >= 0.6 is 15.9 Å². The first-order chi connectivity index (χ1) is 11.2. The minimum Gasteiger partial charge on any atom is -0.297 e. The van der Waals surface area contributed by atoms with Crippen LogP contribution < -0.4 is 5.56 Å². The predicted molar refractivity (Wildman–Crippen MR) is 94.5 cm³/mol. The molecule has 2 aromatic heterocycles. The minimum absolute atomic E-state index is 0.00106. The van der Waals surface area contributed by atoms with Crippen molar-refractivity contribution in [1.29, 1.82) is 0 Å². The van der Waals surface area contributed by atoms with E-state index in [1.807, 2.05) is 12.1 Å². The Labute approximate surface area is 144 Å². The quantitative estimate of drug-likeness (QED) is 0.806. The van der Waals surface area contributed by atoms with E-state index < -0.39 is 0 Å². The molecule has 4 rings (SSSR count). The normalized spacial score (nSPS) is 25.4. The molecule has 0 aromatic carbocycles. The van der Waals surface area contributed by atoms with Gasteiger partial charge in [-0.25, -0.2) is 4.98 Å². The Balaban J connectivity index is 1.53. The molecular weight excluding hydrogens is 354 g/mol. The van der Waals surface area contributed by atoms with Gasteiger partial charge in [-0.1, -0.05) is 19.3 Å². The Hall–Kier alpha value is -1.20.